The van der Waals surface area contributed by atoms with E-state index in [1.54, 1.807) is 29.8 Å². The zero-order valence-corrected chi connectivity index (χ0v) is 14.9. The quantitative estimate of drug-likeness (QED) is 0.684. The molecule has 0 aromatic heterocycles. The molecule has 2 aromatic carbocycles. The van der Waals surface area contributed by atoms with Crippen molar-refractivity contribution >= 4 is 45.2 Å². The second-order valence-electron chi connectivity index (χ2n) is 4.61. The van der Waals surface area contributed by atoms with Crippen molar-refractivity contribution in [3.63, 3.8) is 0 Å². The minimum atomic E-state index is -0.0877. The minimum absolute atomic E-state index is 0.0877. The highest BCUT2D eigenvalue weighted by molar-refractivity contribution is 9.10. The first kappa shape index (κ1) is 16.4. The van der Waals surface area contributed by atoms with E-state index >= 15 is 0 Å². The van der Waals surface area contributed by atoms with Gasteiger partial charge in [-0.25, -0.2) is 0 Å². The maximum Gasteiger partial charge on any atom is 0.255 e. The van der Waals surface area contributed by atoms with Crippen LogP contribution in [0.25, 0.3) is 0 Å². The lowest BCUT2D eigenvalue weighted by Gasteiger charge is -2.18. The summed E-state index contributed by atoms with van der Waals surface area (Å²) in [6, 6.07) is 13.6. The van der Waals surface area contributed by atoms with Gasteiger partial charge in [0.15, 0.2) is 0 Å². The molecule has 0 atom stereocenters. The molecule has 0 heterocycles. The van der Waals surface area contributed by atoms with Crippen LogP contribution in [0.5, 0.6) is 0 Å². The third-order valence-corrected chi connectivity index (χ3v) is 5.15. The number of rotatable bonds is 4. The molecule has 0 saturated carbocycles. The van der Waals surface area contributed by atoms with Gasteiger partial charge in [-0.1, -0.05) is 29.8 Å². The summed E-state index contributed by atoms with van der Waals surface area (Å²) < 4.78 is 0.729. The van der Waals surface area contributed by atoms with Gasteiger partial charge >= 0.3 is 0 Å². The van der Waals surface area contributed by atoms with Gasteiger partial charge in [-0.05, 0) is 52.0 Å². The molecule has 21 heavy (non-hydrogen) atoms. The highest BCUT2D eigenvalue weighted by Gasteiger charge is 2.16. The van der Waals surface area contributed by atoms with Crippen LogP contribution < -0.4 is 0 Å². The van der Waals surface area contributed by atoms with E-state index in [0.29, 0.717) is 17.1 Å². The lowest BCUT2D eigenvalue weighted by atomic mass is 10.1. The number of hydrogen-bond donors (Lipinski definition) is 0. The van der Waals surface area contributed by atoms with E-state index in [9.17, 15) is 4.79 Å². The Hall–Kier alpha value is -0.970. The van der Waals surface area contributed by atoms with E-state index in [2.05, 4.69) is 28.1 Å². The number of carbonyl (C=O) groups is 1. The fourth-order valence-corrected chi connectivity index (χ4v) is 2.93. The predicted octanol–water partition coefficient (Wildman–Crippen LogP) is 5.10. The van der Waals surface area contributed by atoms with Crippen molar-refractivity contribution in [2.45, 2.75) is 11.4 Å². The number of thioether (sulfide) groups is 1. The van der Waals surface area contributed by atoms with E-state index in [4.69, 9.17) is 11.6 Å². The highest BCUT2D eigenvalue weighted by Crippen LogP contribution is 2.27. The Balaban J connectivity index is 2.13. The predicted molar refractivity (Wildman–Crippen MR) is 93.2 cm³/mol. The van der Waals surface area contributed by atoms with Gasteiger partial charge in [0.2, 0.25) is 0 Å². The second kappa shape index (κ2) is 7.34. The first-order valence-corrected chi connectivity index (χ1v) is 8.75. The first-order valence-electron chi connectivity index (χ1n) is 6.35. The molecule has 0 fully saturated rings. The molecule has 1 amide bonds. The second-order valence-corrected chi connectivity index (χ2v) is 6.72. The molecule has 0 unspecified atom stereocenters. The summed E-state index contributed by atoms with van der Waals surface area (Å²) in [7, 11) is 1.78. The van der Waals surface area contributed by atoms with E-state index in [0.717, 1.165) is 10.0 Å². The minimum Gasteiger partial charge on any atom is -0.337 e. The van der Waals surface area contributed by atoms with Crippen molar-refractivity contribution in [1.29, 1.82) is 0 Å². The molecule has 2 rings (SSSR count). The zero-order valence-electron chi connectivity index (χ0n) is 11.8. The average Bonchev–Trinajstić information content (AvgIpc) is 2.50. The summed E-state index contributed by atoms with van der Waals surface area (Å²) in [6.07, 6.45) is 2.04. The smallest absolute Gasteiger partial charge is 0.255 e. The summed E-state index contributed by atoms with van der Waals surface area (Å²) >= 11 is 11.2. The van der Waals surface area contributed by atoms with Crippen LogP contribution in [-0.2, 0) is 6.54 Å². The lowest BCUT2D eigenvalue weighted by Crippen LogP contribution is -2.26. The van der Waals surface area contributed by atoms with Crippen LogP contribution in [-0.4, -0.2) is 24.1 Å². The maximum atomic E-state index is 12.5. The fraction of sp³-hybridized carbons (Fsp3) is 0.188. The van der Waals surface area contributed by atoms with E-state index in [-0.39, 0.29) is 5.91 Å². The number of carbonyl (C=O) groups excluding carboxylic acids is 1. The van der Waals surface area contributed by atoms with Gasteiger partial charge in [0.1, 0.15) is 0 Å². The lowest BCUT2D eigenvalue weighted by molar-refractivity contribution is 0.0785. The standard InChI is InChI=1S/C16H15BrClNOS/c1-19(10-11-6-8-12(21-2)9-7-11)16(20)13-4-3-5-14(17)15(13)18/h3-9H,10H2,1-2H3. The Morgan fingerprint density at radius 3 is 2.52 bits per heavy atom. The number of amides is 1. The van der Waals surface area contributed by atoms with Gasteiger partial charge in [0, 0.05) is 23.0 Å². The Morgan fingerprint density at radius 2 is 1.90 bits per heavy atom. The van der Waals surface area contributed by atoms with Crippen molar-refractivity contribution < 1.29 is 4.79 Å². The molecule has 2 aromatic rings. The van der Waals surface area contributed by atoms with Crippen LogP contribution in [0.15, 0.2) is 51.8 Å². The van der Waals surface area contributed by atoms with Crippen molar-refractivity contribution in [3.05, 3.63) is 63.1 Å². The zero-order chi connectivity index (χ0) is 15.4. The molecule has 0 aliphatic heterocycles. The van der Waals surface area contributed by atoms with Crippen LogP contribution >= 0.6 is 39.3 Å². The normalized spacial score (nSPS) is 10.5. The maximum absolute atomic E-state index is 12.5. The highest BCUT2D eigenvalue weighted by atomic mass is 79.9. The van der Waals surface area contributed by atoms with Crippen molar-refractivity contribution in [3.8, 4) is 0 Å². The number of hydrogen-bond acceptors (Lipinski definition) is 2. The molecule has 0 saturated heterocycles. The largest absolute Gasteiger partial charge is 0.337 e. The van der Waals surface area contributed by atoms with Gasteiger partial charge in [-0.2, -0.15) is 0 Å². The Labute approximate surface area is 142 Å². The van der Waals surface area contributed by atoms with Crippen molar-refractivity contribution in [1.82, 2.24) is 4.90 Å². The molecule has 0 aliphatic carbocycles. The van der Waals surface area contributed by atoms with Crippen LogP contribution in [0.4, 0.5) is 0 Å². The van der Waals surface area contributed by atoms with Gasteiger partial charge in [0.25, 0.3) is 5.91 Å². The summed E-state index contributed by atoms with van der Waals surface area (Å²) in [5.41, 5.74) is 1.60. The van der Waals surface area contributed by atoms with Crippen LogP contribution in [0, 0.1) is 0 Å². The number of nitrogens with zero attached hydrogens (tertiary/aromatic N) is 1. The molecule has 0 aliphatic rings. The van der Waals surface area contributed by atoms with Gasteiger partial charge in [-0.15, -0.1) is 11.8 Å². The topological polar surface area (TPSA) is 20.3 Å². The summed E-state index contributed by atoms with van der Waals surface area (Å²) in [4.78, 5) is 15.3. The fourth-order valence-electron chi connectivity index (χ4n) is 1.95. The molecule has 0 radical (unpaired) electrons. The van der Waals surface area contributed by atoms with E-state index < -0.39 is 0 Å². The number of halogens is 2. The molecule has 0 bridgehead atoms. The molecule has 0 spiro atoms. The molecule has 2 nitrogen and oxygen atoms in total. The van der Waals surface area contributed by atoms with Crippen molar-refractivity contribution in [2.24, 2.45) is 0 Å². The third-order valence-electron chi connectivity index (χ3n) is 3.11. The molecular weight excluding hydrogens is 370 g/mol. The molecule has 0 N–H and O–H groups in total. The Kier molecular flexibility index (Phi) is 5.73. The Bertz CT molecular complexity index is 645. The van der Waals surface area contributed by atoms with Crippen LogP contribution in [0.2, 0.25) is 5.02 Å². The van der Waals surface area contributed by atoms with E-state index in [1.807, 2.05) is 30.5 Å². The Morgan fingerprint density at radius 1 is 1.24 bits per heavy atom. The monoisotopic (exact) mass is 383 g/mol. The van der Waals surface area contributed by atoms with Crippen LogP contribution in [0.3, 0.4) is 0 Å². The van der Waals surface area contributed by atoms with Gasteiger partial charge < -0.3 is 4.90 Å². The molecule has 110 valence electrons. The average molecular weight is 385 g/mol. The van der Waals surface area contributed by atoms with Crippen molar-refractivity contribution in [2.75, 3.05) is 13.3 Å². The first-order chi connectivity index (χ1) is 10.0. The van der Waals surface area contributed by atoms with Crippen LogP contribution in [0.1, 0.15) is 15.9 Å². The SMILES string of the molecule is CSc1ccc(CN(C)C(=O)c2cccc(Br)c2Cl)cc1. The molecule has 5 heteroatoms. The number of benzene rings is 2. The third kappa shape index (κ3) is 4.02. The summed E-state index contributed by atoms with van der Waals surface area (Å²) in [6.45, 7) is 0.552. The summed E-state index contributed by atoms with van der Waals surface area (Å²) in [5, 5.41) is 0.451. The van der Waals surface area contributed by atoms with Gasteiger partial charge in [-0.3, -0.25) is 4.79 Å². The molecular formula is C16H15BrClNOS. The van der Waals surface area contributed by atoms with E-state index in [1.165, 1.54) is 4.90 Å². The summed E-state index contributed by atoms with van der Waals surface area (Å²) in [5.74, 6) is -0.0877. The van der Waals surface area contributed by atoms with Gasteiger partial charge in [0.05, 0.1) is 10.6 Å².